The molecule has 4 nitrogen and oxygen atoms in total. The summed E-state index contributed by atoms with van der Waals surface area (Å²) in [7, 11) is 0. The number of carboxylic acid groups (broad SMARTS) is 1. The largest absolute Gasteiger partial charge is 0.481 e. The van der Waals surface area contributed by atoms with Gasteiger partial charge in [-0.3, -0.25) is 9.59 Å². The molecule has 0 spiro atoms. The number of hydrogen-bond acceptors (Lipinski definition) is 2. The second-order valence-electron chi connectivity index (χ2n) is 6.19. The maximum Gasteiger partial charge on any atom is 0.309 e. The predicted molar refractivity (Wildman–Crippen MR) is 77.3 cm³/mol. The Bertz CT molecular complexity index is 395. The van der Waals surface area contributed by atoms with E-state index in [2.05, 4.69) is 12.2 Å². The molecule has 0 bridgehead atoms. The van der Waals surface area contributed by atoms with Crippen LogP contribution < -0.4 is 0 Å². The molecule has 1 N–H and O–H groups in total. The molecule has 1 saturated heterocycles. The predicted octanol–water partition coefficient (Wildman–Crippen LogP) is 2.84. The van der Waals surface area contributed by atoms with Crippen molar-refractivity contribution in [2.24, 2.45) is 11.3 Å². The second-order valence-corrected chi connectivity index (χ2v) is 6.19. The summed E-state index contributed by atoms with van der Waals surface area (Å²) < 4.78 is 0. The van der Waals surface area contributed by atoms with Crippen LogP contribution in [-0.2, 0) is 9.59 Å². The number of carbonyl (C=O) groups excluding carboxylic acids is 1. The number of nitrogens with zero attached hydrogens (tertiary/aromatic N) is 1. The lowest BCUT2D eigenvalue weighted by molar-refractivity contribution is -0.155. The first-order chi connectivity index (χ1) is 9.57. The van der Waals surface area contributed by atoms with Gasteiger partial charge in [0.15, 0.2) is 0 Å². The van der Waals surface area contributed by atoms with Gasteiger partial charge in [-0.1, -0.05) is 25.5 Å². The lowest BCUT2D eigenvalue weighted by Crippen LogP contribution is -2.46. The summed E-state index contributed by atoms with van der Waals surface area (Å²) in [5, 5.41) is 9.46. The fourth-order valence-corrected chi connectivity index (χ4v) is 3.45. The second kappa shape index (κ2) is 6.42. The van der Waals surface area contributed by atoms with E-state index in [0.29, 0.717) is 38.3 Å². The number of likely N-dealkylation sites (tertiary alicyclic amines) is 1. The van der Waals surface area contributed by atoms with Crippen LogP contribution in [-0.4, -0.2) is 35.0 Å². The van der Waals surface area contributed by atoms with Crippen LogP contribution in [0, 0.1) is 11.3 Å². The minimum Gasteiger partial charge on any atom is -0.481 e. The summed E-state index contributed by atoms with van der Waals surface area (Å²) in [6.45, 7) is 3.22. The van der Waals surface area contributed by atoms with Crippen molar-refractivity contribution in [3.8, 4) is 0 Å². The Morgan fingerprint density at radius 3 is 2.55 bits per heavy atom. The zero-order valence-corrected chi connectivity index (χ0v) is 12.3. The van der Waals surface area contributed by atoms with Crippen LogP contribution in [0.25, 0.3) is 0 Å². The van der Waals surface area contributed by atoms with Crippen LogP contribution in [0.4, 0.5) is 0 Å². The molecule has 4 heteroatoms. The van der Waals surface area contributed by atoms with Gasteiger partial charge in [-0.2, -0.15) is 0 Å². The van der Waals surface area contributed by atoms with Gasteiger partial charge >= 0.3 is 5.97 Å². The molecular weight excluding hydrogens is 254 g/mol. The molecule has 2 aliphatic rings. The fraction of sp³-hybridized carbons (Fsp3) is 0.750. The number of hydrogen-bond donors (Lipinski definition) is 1. The van der Waals surface area contributed by atoms with Crippen molar-refractivity contribution >= 4 is 11.9 Å². The number of piperidine rings is 1. The normalized spacial score (nSPS) is 24.9. The highest BCUT2D eigenvalue weighted by atomic mass is 16.4. The molecular formula is C16H25NO3. The van der Waals surface area contributed by atoms with Crippen LogP contribution in [0.1, 0.15) is 51.9 Å². The first kappa shape index (κ1) is 15.1. The molecule has 0 saturated carbocycles. The molecule has 0 aromatic carbocycles. The average molecular weight is 279 g/mol. The highest BCUT2D eigenvalue weighted by Crippen LogP contribution is 2.37. The molecule has 1 amide bonds. The van der Waals surface area contributed by atoms with Crippen LogP contribution in [0.2, 0.25) is 0 Å². The summed E-state index contributed by atoms with van der Waals surface area (Å²) in [4.78, 5) is 25.6. The molecule has 1 heterocycles. The molecule has 0 aromatic rings. The van der Waals surface area contributed by atoms with Crippen molar-refractivity contribution in [1.29, 1.82) is 0 Å². The third-order valence-corrected chi connectivity index (χ3v) is 4.80. The van der Waals surface area contributed by atoms with Gasteiger partial charge in [-0.15, -0.1) is 0 Å². The van der Waals surface area contributed by atoms with Crippen LogP contribution in [0.15, 0.2) is 12.2 Å². The smallest absolute Gasteiger partial charge is 0.309 e. The van der Waals surface area contributed by atoms with E-state index in [4.69, 9.17) is 0 Å². The minimum atomic E-state index is -0.690. The van der Waals surface area contributed by atoms with Crippen LogP contribution in [0.5, 0.6) is 0 Å². The van der Waals surface area contributed by atoms with E-state index in [1.807, 2.05) is 11.8 Å². The number of rotatable bonds is 5. The van der Waals surface area contributed by atoms with E-state index in [1.165, 1.54) is 0 Å². The van der Waals surface area contributed by atoms with Crippen molar-refractivity contribution in [2.75, 3.05) is 13.1 Å². The molecule has 1 unspecified atom stereocenters. The highest BCUT2D eigenvalue weighted by Gasteiger charge is 2.41. The number of aliphatic carboxylic acids is 1. The summed E-state index contributed by atoms with van der Waals surface area (Å²) in [6.07, 6.45) is 9.83. The molecule has 112 valence electrons. The molecule has 1 aliphatic carbocycles. The van der Waals surface area contributed by atoms with Crippen molar-refractivity contribution in [1.82, 2.24) is 4.90 Å². The standard InChI is InChI=1S/C16H25NO3/c1-2-7-16(15(19)20)8-10-17(11-9-16)14(18)12-13-5-3-4-6-13/h3,5,13H,2,4,6-12H2,1H3,(H,19,20). The maximum absolute atomic E-state index is 12.2. The summed E-state index contributed by atoms with van der Waals surface area (Å²) in [6, 6.07) is 0. The summed E-state index contributed by atoms with van der Waals surface area (Å²) >= 11 is 0. The Morgan fingerprint density at radius 1 is 1.35 bits per heavy atom. The van der Waals surface area contributed by atoms with Gasteiger partial charge in [0.25, 0.3) is 0 Å². The highest BCUT2D eigenvalue weighted by molar-refractivity contribution is 5.78. The molecule has 0 aromatic heterocycles. The van der Waals surface area contributed by atoms with Crippen molar-refractivity contribution in [3.05, 3.63) is 12.2 Å². The van der Waals surface area contributed by atoms with Gasteiger partial charge in [-0.05, 0) is 38.0 Å². The van der Waals surface area contributed by atoms with E-state index in [1.54, 1.807) is 0 Å². The SMILES string of the molecule is CCCC1(C(=O)O)CCN(C(=O)CC2C=CCC2)CC1. The molecule has 0 radical (unpaired) electrons. The number of amides is 1. The molecule has 1 atom stereocenters. The van der Waals surface area contributed by atoms with Gasteiger partial charge in [0.1, 0.15) is 0 Å². The first-order valence-corrected chi connectivity index (χ1v) is 7.75. The zero-order valence-electron chi connectivity index (χ0n) is 12.3. The van der Waals surface area contributed by atoms with E-state index < -0.39 is 11.4 Å². The zero-order chi connectivity index (χ0) is 14.6. The van der Waals surface area contributed by atoms with Crippen LogP contribution in [0.3, 0.4) is 0 Å². The Hall–Kier alpha value is -1.32. The Labute approximate surface area is 120 Å². The number of carbonyl (C=O) groups is 2. The first-order valence-electron chi connectivity index (χ1n) is 7.75. The van der Waals surface area contributed by atoms with Crippen LogP contribution >= 0.6 is 0 Å². The molecule has 1 aliphatic heterocycles. The van der Waals surface area contributed by atoms with Gasteiger partial charge in [0, 0.05) is 19.5 Å². The summed E-state index contributed by atoms with van der Waals surface area (Å²) in [5.41, 5.74) is -0.598. The van der Waals surface area contributed by atoms with Gasteiger partial charge in [0.05, 0.1) is 5.41 Å². The van der Waals surface area contributed by atoms with Gasteiger partial charge in [0.2, 0.25) is 5.91 Å². The third-order valence-electron chi connectivity index (χ3n) is 4.80. The van der Waals surface area contributed by atoms with E-state index in [-0.39, 0.29) is 5.91 Å². The lowest BCUT2D eigenvalue weighted by Gasteiger charge is -2.39. The van der Waals surface area contributed by atoms with E-state index in [9.17, 15) is 14.7 Å². The minimum absolute atomic E-state index is 0.192. The van der Waals surface area contributed by atoms with Gasteiger partial charge in [-0.25, -0.2) is 0 Å². The fourth-order valence-electron chi connectivity index (χ4n) is 3.45. The third kappa shape index (κ3) is 3.22. The van der Waals surface area contributed by atoms with Crippen molar-refractivity contribution < 1.29 is 14.7 Å². The summed E-state index contributed by atoms with van der Waals surface area (Å²) in [5.74, 6) is -0.105. The Kier molecular flexibility index (Phi) is 4.84. The Morgan fingerprint density at radius 2 is 2.05 bits per heavy atom. The van der Waals surface area contributed by atoms with E-state index >= 15 is 0 Å². The van der Waals surface area contributed by atoms with Gasteiger partial charge < -0.3 is 10.0 Å². The number of allylic oxidation sites excluding steroid dienone is 2. The van der Waals surface area contributed by atoms with Crippen molar-refractivity contribution in [2.45, 2.75) is 51.9 Å². The van der Waals surface area contributed by atoms with Crippen molar-refractivity contribution in [3.63, 3.8) is 0 Å². The van der Waals surface area contributed by atoms with E-state index in [0.717, 1.165) is 25.7 Å². The molecule has 20 heavy (non-hydrogen) atoms. The maximum atomic E-state index is 12.2. The average Bonchev–Trinajstić information content (AvgIpc) is 2.92. The monoisotopic (exact) mass is 279 g/mol. The Balaban J connectivity index is 1.87. The molecule has 1 fully saturated rings. The quantitative estimate of drug-likeness (QED) is 0.787. The molecule has 2 rings (SSSR count). The lowest BCUT2D eigenvalue weighted by atomic mass is 9.75. The topological polar surface area (TPSA) is 57.6 Å². The number of carboxylic acids is 1.